The Morgan fingerprint density at radius 3 is 1.95 bits per heavy atom. The average Bonchev–Trinajstić information content (AvgIpc) is 3.17. The average molecular weight is 869 g/mol. The fraction of sp³-hybridized carbons (Fsp3) is 0.771. The smallest absolute Gasteiger partial charge is 0.321 e. The molecule has 60 heavy (non-hydrogen) atoms. The largest absolute Gasteiger partial charge is 0.483 e. The Hall–Kier alpha value is -4.44. The molecular weight excluding hydrogens is 804 g/mol. The van der Waals surface area contributed by atoms with E-state index in [-0.39, 0.29) is 105 Å². The van der Waals surface area contributed by atoms with Gasteiger partial charge in [-0.1, -0.05) is 6.42 Å². The normalized spacial score (nSPS) is 12.5. The van der Waals surface area contributed by atoms with E-state index in [0.29, 0.717) is 39.2 Å². The number of hydrogen-bond donors (Lipinski definition) is 8. The van der Waals surface area contributed by atoms with E-state index in [9.17, 15) is 38.7 Å². The number of unbranched alkanes of at least 4 members (excludes halogenated alkanes) is 1. The summed E-state index contributed by atoms with van der Waals surface area (Å²) in [5, 5.41) is 43.1. The van der Waals surface area contributed by atoms with Crippen LogP contribution in [-0.2, 0) is 62.0 Å². The van der Waals surface area contributed by atoms with E-state index in [1.807, 2.05) is 0 Å². The summed E-state index contributed by atoms with van der Waals surface area (Å²) in [6.45, 7) is 0.698. The molecular formula is C35H64N8O17. The molecule has 0 rings (SSSR count). The molecule has 0 aromatic rings. The topological polar surface area (TPSA) is 354 Å². The van der Waals surface area contributed by atoms with E-state index in [1.165, 1.54) is 9.80 Å². The molecule has 0 aromatic carbocycles. The zero-order chi connectivity index (χ0) is 44.8. The minimum Gasteiger partial charge on any atom is -0.483 e. The van der Waals surface area contributed by atoms with Crippen molar-refractivity contribution in [2.75, 3.05) is 138 Å². The minimum atomic E-state index is -1.27. The third kappa shape index (κ3) is 34.4. The second-order valence-electron chi connectivity index (χ2n) is 12.9. The summed E-state index contributed by atoms with van der Waals surface area (Å²) in [5.74, 6) is -5.81. The number of carbonyl (C=O) groups excluding carboxylic acids is 3. The third-order valence-corrected chi connectivity index (χ3v) is 7.97. The number of nitrogens with one attached hydrogen (secondary N) is 2. The highest BCUT2D eigenvalue weighted by molar-refractivity contribution is 5.79. The van der Waals surface area contributed by atoms with Gasteiger partial charge in [-0.2, -0.15) is 0 Å². The van der Waals surface area contributed by atoms with Crippen LogP contribution in [0.1, 0.15) is 25.7 Å². The van der Waals surface area contributed by atoms with Crippen LogP contribution in [0.3, 0.4) is 0 Å². The predicted molar refractivity (Wildman–Crippen MR) is 210 cm³/mol. The first-order valence-corrected chi connectivity index (χ1v) is 19.3. The molecule has 25 nitrogen and oxygen atoms in total. The van der Waals surface area contributed by atoms with Crippen molar-refractivity contribution in [2.45, 2.75) is 37.8 Å². The monoisotopic (exact) mass is 868 g/mol. The second kappa shape index (κ2) is 37.6. The van der Waals surface area contributed by atoms with Gasteiger partial charge in [-0.05, 0) is 19.4 Å². The second-order valence-corrected chi connectivity index (χ2v) is 12.9. The molecule has 2 atom stereocenters. The molecule has 10 N–H and O–H groups in total. The van der Waals surface area contributed by atoms with Crippen molar-refractivity contribution >= 4 is 48.4 Å². The minimum absolute atomic E-state index is 0.0138. The molecule has 2 unspecified atom stereocenters. The van der Waals surface area contributed by atoms with Crippen molar-refractivity contribution in [3.8, 4) is 0 Å². The van der Waals surface area contributed by atoms with E-state index in [4.69, 9.17) is 55.2 Å². The Labute approximate surface area is 348 Å². The van der Waals surface area contributed by atoms with Gasteiger partial charge in [0.05, 0.1) is 91.7 Å². The molecule has 0 saturated carbocycles. The molecule has 0 aromatic heterocycles. The van der Waals surface area contributed by atoms with E-state index >= 15 is 0 Å². The number of hydrogen-bond acceptors (Lipinski definition) is 19. The van der Waals surface area contributed by atoms with Crippen molar-refractivity contribution in [3.05, 3.63) is 0 Å². The van der Waals surface area contributed by atoms with Crippen LogP contribution in [0, 0.1) is 0 Å². The number of amides is 2. The Balaban J connectivity index is 4.22. The summed E-state index contributed by atoms with van der Waals surface area (Å²) in [6, 6.07) is -1.80. The Kier molecular flexibility index (Phi) is 34.8. The molecule has 0 aliphatic carbocycles. The maximum absolute atomic E-state index is 12.2. The maximum Gasteiger partial charge on any atom is 0.321 e. The number of aldehydes is 1. The number of primary amides is 1. The molecule has 0 radical (unpaired) electrons. The molecule has 346 valence electrons. The van der Waals surface area contributed by atoms with Crippen molar-refractivity contribution < 1.29 is 82.4 Å². The van der Waals surface area contributed by atoms with Gasteiger partial charge in [0.2, 0.25) is 11.8 Å². The van der Waals surface area contributed by atoms with Gasteiger partial charge < -0.3 is 70.4 Å². The van der Waals surface area contributed by atoms with Gasteiger partial charge in [0.1, 0.15) is 25.7 Å². The first kappa shape index (κ1) is 55.6. The molecule has 0 saturated heterocycles. The number of ether oxygens (including phenoxy) is 6. The highest BCUT2D eigenvalue weighted by Crippen LogP contribution is 2.08. The van der Waals surface area contributed by atoms with Crippen LogP contribution >= 0.6 is 0 Å². The van der Waals surface area contributed by atoms with Gasteiger partial charge >= 0.3 is 23.9 Å². The summed E-state index contributed by atoms with van der Waals surface area (Å²) in [4.78, 5) is 87.6. The van der Waals surface area contributed by atoms with Crippen LogP contribution in [0.25, 0.3) is 0 Å². The number of nitrogens with zero attached hydrogens (tertiary/aromatic N) is 4. The van der Waals surface area contributed by atoms with E-state index in [2.05, 4.69) is 15.6 Å². The van der Waals surface area contributed by atoms with E-state index < -0.39 is 61.5 Å². The highest BCUT2D eigenvalue weighted by atomic mass is 16.7. The van der Waals surface area contributed by atoms with Gasteiger partial charge in [0, 0.05) is 39.1 Å². The number of rotatable bonds is 44. The highest BCUT2D eigenvalue weighted by Gasteiger charge is 2.27. The van der Waals surface area contributed by atoms with Crippen LogP contribution in [0.4, 0.5) is 0 Å². The van der Waals surface area contributed by atoms with Gasteiger partial charge in [-0.3, -0.25) is 53.8 Å². The third-order valence-electron chi connectivity index (χ3n) is 7.97. The van der Waals surface area contributed by atoms with Gasteiger partial charge in [-0.25, -0.2) is 0 Å². The molecule has 25 heteroatoms. The van der Waals surface area contributed by atoms with Crippen LogP contribution in [0.2, 0.25) is 0 Å². The number of carbonyl (C=O) groups is 7. The lowest BCUT2D eigenvalue weighted by molar-refractivity contribution is -0.146. The molecule has 0 fully saturated rings. The van der Waals surface area contributed by atoms with E-state index in [1.54, 1.807) is 0 Å². The van der Waals surface area contributed by atoms with Crippen molar-refractivity contribution in [3.63, 3.8) is 0 Å². The van der Waals surface area contributed by atoms with Crippen molar-refractivity contribution in [2.24, 2.45) is 16.5 Å². The number of aliphatic imine (C=N–C) groups is 1. The Bertz CT molecular complexity index is 1240. The fourth-order valence-corrected chi connectivity index (χ4v) is 4.99. The van der Waals surface area contributed by atoms with Crippen LogP contribution in [0.5, 0.6) is 0 Å². The number of aliphatic carboxylic acids is 4. The van der Waals surface area contributed by atoms with E-state index in [0.717, 1.165) is 24.1 Å². The van der Waals surface area contributed by atoms with Crippen LogP contribution in [0.15, 0.2) is 4.99 Å². The summed E-state index contributed by atoms with van der Waals surface area (Å²) >= 11 is 0. The van der Waals surface area contributed by atoms with Crippen LogP contribution < -0.4 is 22.1 Å². The van der Waals surface area contributed by atoms with Crippen molar-refractivity contribution in [1.82, 2.24) is 25.3 Å². The molecule has 0 bridgehead atoms. The zero-order valence-corrected chi connectivity index (χ0v) is 34.0. The SMILES string of the molecule is NC(=O)C(N)CCCCNCOCOCCOCCNC(=O)COCCOCCN=COCCC(C(=O)O)N(CCN(CC=O)CC(=O)O)CCN(CC(=O)O)CC(=O)O. The zero-order valence-electron chi connectivity index (χ0n) is 34.0. The quantitative estimate of drug-likeness (QED) is 0.00949. The first-order chi connectivity index (χ1) is 28.8. The molecule has 0 spiro atoms. The Morgan fingerprint density at radius 2 is 1.32 bits per heavy atom. The van der Waals surface area contributed by atoms with Crippen LogP contribution in [-0.4, -0.2) is 234 Å². The van der Waals surface area contributed by atoms with Crippen molar-refractivity contribution in [1.29, 1.82) is 0 Å². The summed E-state index contributed by atoms with van der Waals surface area (Å²) in [7, 11) is 0. The predicted octanol–water partition coefficient (Wildman–Crippen LogP) is -4.08. The number of carboxylic acids is 4. The summed E-state index contributed by atoms with van der Waals surface area (Å²) < 4.78 is 32.0. The number of nitrogens with two attached hydrogens (primary N) is 2. The maximum atomic E-state index is 12.2. The summed E-state index contributed by atoms with van der Waals surface area (Å²) in [5.41, 5.74) is 10.7. The molecule has 0 aliphatic rings. The Morgan fingerprint density at radius 1 is 0.700 bits per heavy atom. The van der Waals surface area contributed by atoms with Gasteiger partial charge in [0.25, 0.3) is 0 Å². The number of carboxylic acid groups (broad SMARTS) is 4. The lowest BCUT2D eigenvalue weighted by atomic mass is 10.1. The standard InChI is InChI=1S/C35H64N8O17/c36-28(34(37)52)3-1-2-5-38-26-60-27-59-20-18-56-16-7-40-30(45)24-57-19-17-55-15-6-39-25-58-14-4-29(35(53)54)43(10-8-41(12-13-44)21-31(46)47)11-9-42(22-32(48)49)23-33(50)51/h13,25,28-29,38H,1-12,14-24,26-27,36H2,(H2,37,52)(H,40,45)(H,46,47)(H,48,49)(H,50,51)(H,53,54). The molecule has 0 aliphatic heterocycles. The lowest BCUT2D eigenvalue weighted by Crippen LogP contribution is -2.50. The lowest BCUT2D eigenvalue weighted by Gasteiger charge is -2.32. The summed E-state index contributed by atoms with van der Waals surface area (Å²) in [6.07, 6.45) is 3.74. The molecule has 2 amide bonds. The fourth-order valence-electron chi connectivity index (χ4n) is 4.99. The molecule has 0 heterocycles. The first-order valence-electron chi connectivity index (χ1n) is 19.3. The van der Waals surface area contributed by atoms with Gasteiger partial charge in [0.15, 0.2) is 6.40 Å². The van der Waals surface area contributed by atoms with Gasteiger partial charge in [-0.15, -0.1) is 0 Å².